The summed E-state index contributed by atoms with van der Waals surface area (Å²) < 4.78 is 13.7. The number of benzene rings is 2. The van der Waals surface area contributed by atoms with E-state index in [2.05, 4.69) is 15.5 Å². The number of anilines is 1. The van der Waals surface area contributed by atoms with Gasteiger partial charge >= 0.3 is 0 Å². The van der Waals surface area contributed by atoms with Crippen LogP contribution in [-0.2, 0) is 6.42 Å². The van der Waals surface area contributed by atoms with Crippen LogP contribution in [0.25, 0.3) is 0 Å². The Morgan fingerprint density at radius 2 is 1.88 bits per heavy atom. The van der Waals surface area contributed by atoms with E-state index in [-0.39, 0.29) is 11.7 Å². The molecule has 1 fully saturated rings. The zero-order valence-electron chi connectivity index (χ0n) is 13.9. The molecule has 2 N–H and O–H groups in total. The third kappa shape index (κ3) is 4.50. The molecule has 1 heterocycles. The van der Waals surface area contributed by atoms with Gasteiger partial charge in [-0.3, -0.25) is 4.79 Å². The van der Waals surface area contributed by atoms with Crippen LogP contribution in [0.1, 0.15) is 15.9 Å². The average molecular weight is 362 g/mol. The van der Waals surface area contributed by atoms with E-state index in [0.29, 0.717) is 29.1 Å². The minimum absolute atomic E-state index is 0.167. The summed E-state index contributed by atoms with van der Waals surface area (Å²) in [5.41, 5.74) is 2.15. The smallest absolute Gasteiger partial charge is 0.251 e. The molecule has 1 saturated heterocycles. The largest absolute Gasteiger partial charge is 0.369 e. The summed E-state index contributed by atoms with van der Waals surface area (Å²) in [4.78, 5) is 14.5. The van der Waals surface area contributed by atoms with Crippen molar-refractivity contribution in [1.82, 2.24) is 10.6 Å². The fraction of sp³-hybridized carbons (Fsp3) is 0.316. The highest BCUT2D eigenvalue weighted by Crippen LogP contribution is 2.19. The van der Waals surface area contributed by atoms with Gasteiger partial charge in [0.25, 0.3) is 5.91 Å². The maximum atomic E-state index is 13.7. The molecule has 0 spiro atoms. The molecule has 0 atom stereocenters. The van der Waals surface area contributed by atoms with E-state index in [0.717, 1.165) is 31.9 Å². The SMILES string of the molecule is O=C(NCCc1c(F)cccc1Cl)c1ccc(N2CCNCC2)cc1. The quantitative estimate of drug-likeness (QED) is 0.860. The van der Waals surface area contributed by atoms with Crippen molar-refractivity contribution in [2.75, 3.05) is 37.6 Å². The van der Waals surface area contributed by atoms with Gasteiger partial charge in [-0.1, -0.05) is 17.7 Å². The molecule has 0 aromatic heterocycles. The lowest BCUT2D eigenvalue weighted by atomic mass is 10.1. The number of carbonyl (C=O) groups is 1. The van der Waals surface area contributed by atoms with Crippen LogP contribution in [-0.4, -0.2) is 38.6 Å². The molecule has 0 bridgehead atoms. The van der Waals surface area contributed by atoms with Crippen LogP contribution in [0.5, 0.6) is 0 Å². The summed E-state index contributed by atoms with van der Waals surface area (Å²) in [5.74, 6) is -0.513. The number of piperazine rings is 1. The van der Waals surface area contributed by atoms with Gasteiger partial charge in [-0.2, -0.15) is 0 Å². The lowest BCUT2D eigenvalue weighted by Gasteiger charge is -2.29. The number of halogens is 2. The van der Waals surface area contributed by atoms with Crippen molar-refractivity contribution in [3.63, 3.8) is 0 Å². The van der Waals surface area contributed by atoms with E-state index in [9.17, 15) is 9.18 Å². The Kier molecular flexibility index (Phi) is 5.89. The zero-order valence-corrected chi connectivity index (χ0v) is 14.7. The molecule has 1 amide bonds. The van der Waals surface area contributed by atoms with Gasteiger partial charge in [0.05, 0.1) is 0 Å². The first-order valence-corrected chi connectivity index (χ1v) is 8.80. The Bertz CT molecular complexity index is 710. The number of amides is 1. The Hall–Kier alpha value is -2.11. The number of nitrogens with zero attached hydrogens (tertiary/aromatic N) is 1. The minimum atomic E-state index is -0.345. The summed E-state index contributed by atoms with van der Waals surface area (Å²) in [7, 11) is 0. The summed E-state index contributed by atoms with van der Waals surface area (Å²) in [6, 6.07) is 12.2. The number of hydrogen-bond acceptors (Lipinski definition) is 3. The summed E-state index contributed by atoms with van der Waals surface area (Å²) in [6.45, 7) is 4.21. The topological polar surface area (TPSA) is 44.4 Å². The first kappa shape index (κ1) is 17.7. The van der Waals surface area contributed by atoms with Gasteiger partial charge in [0.15, 0.2) is 0 Å². The van der Waals surface area contributed by atoms with E-state index in [1.165, 1.54) is 6.07 Å². The number of hydrogen-bond donors (Lipinski definition) is 2. The molecule has 0 aliphatic carbocycles. The van der Waals surface area contributed by atoms with Crippen molar-refractivity contribution < 1.29 is 9.18 Å². The normalized spacial score (nSPS) is 14.4. The molecular formula is C19H21ClFN3O. The van der Waals surface area contributed by atoms with Gasteiger partial charge in [0.1, 0.15) is 5.82 Å². The Morgan fingerprint density at radius 1 is 1.16 bits per heavy atom. The molecule has 3 rings (SSSR count). The van der Waals surface area contributed by atoms with Gasteiger partial charge in [-0.05, 0) is 42.8 Å². The third-order valence-electron chi connectivity index (χ3n) is 4.33. The molecule has 0 radical (unpaired) electrons. The van der Waals surface area contributed by atoms with E-state index in [4.69, 9.17) is 11.6 Å². The van der Waals surface area contributed by atoms with Crippen LogP contribution in [0, 0.1) is 5.82 Å². The van der Waals surface area contributed by atoms with Crippen LogP contribution in [0.3, 0.4) is 0 Å². The maximum absolute atomic E-state index is 13.7. The highest BCUT2D eigenvalue weighted by Gasteiger charge is 2.12. The molecule has 1 aliphatic heterocycles. The fourth-order valence-corrected chi connectivity index (χ4v) is 3.18. The second kappa shape index (κ2) is 8.32. The van der Waals surface area contributed by atoms with Crippen LogP contribution < -0.4 is 15.5 Å². The number of carbonyl (C=O) groups excluding carboxylic acids is 1. The lowest BCUT2D eigenvalue weighted by Crippen LogP contribution is -2.43. The molecule has 2 aromatic rings. The van der Waals surface area contributed by atoms with Crippen molar-refractivity contribution in [1.29, 1.82) is 0 Å². The van der Waals surface area contributed by atoms with Crippen molar-refractivity contribution in [3.8, 4) is 0 Å². The molecule has 6 heteroatoms. The Morgan fingerprint density at radius 3 is 2.56 bits per heavy atom. The standard InChI is InChI=1S/C19H21ClFN3O/c20-17-2-1-3-18(21)16(17)8-9-23-19(25)14-4-6-15(7-5-14)24-12-10-22-11-13-24/h1-7,22H,8-13H2,(H,23,25). The minimum Gasteiger partial charge on any atom is -0.369 e. The van der Waals surface area contributed by atoms with E-state index < -0.39 is 0 Å². The predicted molar refractivity (Wildman–Crippen MR) is 99.0 cm³/mol. The maximum Gasteiger partial charge on any atom is 0.251 e. The second-order valence-corrected chi connectivity index (χ2v) is 6.40. The van der Waals surface area contributed by atoms with Gasteiger partial charge in [0.2, 0.25) is 0 Å². The van der Waals surface area contributed by atoms with Gasteiger partial charge in [-0.25, -0.2) is 4.39 Å². The first-order chi connectivity index (χ1) is 12.1. The Labute approximate surface area is 152 Å². The zero-order chi connectivity index (χ0) is 17.6. The highest BCUT2D eigenvalue weighted by molar-refractivity contribution is 6.31. The summed E-state index contributed by atoms with van der Waals surface area (Å²) >= 11 is 5.99. The lowest BCUT2D eigenvalue weighted by molar-refractivity contribution is 0.0954. The van der Waals surface area contributed by atoms with Crippen molar-refractivity contribution in [3.05, 3.63) is 64.4 Å². The molecule has 132 valence electrons. The van der Waals surface area contributed by atoms with E-state index >= 15 is 0 Å². The summed E-state index contributed by atoms with van der Waals surface area (Å²) in [5, 5.41) is 6.51. The van der Waals surface area contributed by atoms with Crippen LogP contribution in [0.2, 0.25) is 5.02 Å². The van der Waals surface area contributed by atoms with Crippen molar-refractivity contribution >= 4 is 23.2 Å². The molecule has 2 aromatic carbocycles. The van der Waals surface area contributed by atoms with Crippen LogP contribution in [0.15, 0.2) is 42.5 Å². The van der Waals surface area contributed by atoms with Gasteiger partial charge in [-0.15, -0.1) is 0 Å². The average Bonchev–Trinajstić information content (AvgIpc) is 2.65. The first-order valence-electron chi connectivity index (χ1n) is 8.42. The third-order valence-corrected chi connectivity index (χ3v) is 4.69. The number of nitrogens with one attached hydrogen (secondary N) is 2. The fourth-order valence-electron chi connectivity index (χ4n) is 2.92. The molecule has 4 nitrogen and oxygen atoms in total. The molecular weight excluding hydrogens is 341 g/mol. The molecule has 1 aliphatic rings. The van der Waals surface area contributed by atoms with Gasteiger partial charge < -0.3 is 15.5 Å². The predicted octanol–water partition coefficient (Wildman–Crippen LogP) is 2.86. The monoisotopic (exact) mass is 361 g/mol. The van der Waals surface area contributed by atoms with Crippen LogP contribution in [0.4, 0.5) is 10.1 Å². The van der Waals surface area contributed by atoms with Crippen LogP contribution >= 0.6 is 11.6 Å². The summed E-state index contributed by atoms with van der Waals surface area (Å²) in [6.07, 6.45) is 0.357. The molecule has 25 heavy (non-hydrogen) atoms. The van der Waals surface area contributed by atoms with Gasteiger partial charge in [0, 0.05) is 54.6 Å². The van der Waals surface area contributed by atoms with E-state index in [1.807, 2.05) is 24.3 Å². The van der Waals surface area contributed by atoms with Crippen molar-refractivity contribution in [2.45, 2.75) is 6.42 Å². The second-order valence-electron chi connectivity index (χ2n) is 5.99. The number of rotatable bonds is 5. The van der Waals surface area contributed by atoms with E-state index in [1.54, 1.807) is 12.1 Å². The molecule has 0 unspecified atom stereocenters. The van der Waals surface area contributed by atoms with Crippen molar-refractivity contribution in [2.24, 2.45) is 0 Å². The Balaban J connectivity index is 1.54. The highest BCUT2D eigenvalue weighted by atomic mass is 35.5. The molecule has 0 saturated carbocycles.